The number of aromatic nitrogens is 2. The average molecular weight is 671 g/mol. The minimum atomic E-state index is 0.887. The van der Waals surface area contributed by atoms with Crippen LogP contribution in [0, 0.1) is 0 Å². The van der Waals surface area contributed by atoms with Crippen molar-refractivity contribution in [3.63, 3.8) is 0 Å². The van der Waals surface area contributed by atoms with Crippen LogP contribution in [0.2, 0.25) is 0 Å². The molecule has 2 nitrogen and oxygen atoms in total. The summed E-state index contributed by atoms with van der Waals surface area (Å²) in [6.45, 7) is 0. The maximum Gasteiger partial charge on any atom is 0.156 e. The second kappa shape index (κ2) is 14.4. The van der Waals surface area contributed by atoms with E-state index in [1.807, 2.05) is 0 Å². The van der Waals surface area contributed by atoms with Gasteiger partial charge in [-0.05, 0) is 119 Å². The summed E-state index contributed by atoms with van der Waals surface area (Å²) in [7, 11) is 0. The molecule has 0 aliphatic heterocycles. The molecule has 0 atom stereocenters. The summed E-state index contributed by atoms with van der Waals surface area (Å²) in [6, 6.07) is 48.3. The average Bonchev–Trinajstić information content (AvgIpc) is 3.24. The molecule has 0 amide bonds. The van der Waals surface area contributed by atoms with E-state index in [-0.39, 0.29) is 0 Å². The SMILES string of the molecule is C1=CC2=C(CC1)CCC=C2c1cc(-c2cccc(-c3ccccc3-c3ccccc3-c3ccccc3-c3ccccc3)c2)nc(C2=CCCCC2)n1. The zero-order valence-electron chi connectivity index (χ0n) is 29.6. The van der Waals surface area contributed by atoms with Crippen molar-refractivity contribution in [2.45, 2.75) is 51.4 Å². The predicted molar refractivity (Wildman–Crippen MR) is 218 cm³/mol. The minimum absolute atomic E-state index is 0.887. The summed E-state index contributed by atoms with van der Waals surface area (Å²) in [5, 5.41) is 0. The van der Waals surface area contributed by atoms with Crippen molar-refractivity contribution >= 4 is 11.1 Å². The van der Waals surface area contributed by atoms with Crippen LogP contribution in [0.5, 0.6) is 0 Å². The first-order chi connectivity index (χ1) is 25.8. The summed E-state index contributed by atoms with van der Waals surface area (Å²) in [6.07, 6.45) is 18.5. The molecule has 52 heavy (non-hydrogen) atoms. The molecule has 0 spiro atoms. The van der Waals surface area contributed by atoms with Gasteiger partial charge in [-0.25, -0.2) is 9.97 Å². The molecular formula is C50H42N2. The van der Waals surface area contributed by atoms with Gasteiger partial charge in [-0.2, -0.15) is 0 Å². The molecule has 0 radical (unpaired) electrons. The highest BCUT2D eigenvalue weighted by molar-refractivity contribution is 5.96. The monoisotopic (exact) mass is 670 g/mol. The fraction of sp³-hybridized carbons (Fsp3) is 0.160. The third kappa shape index (κ3) is 6.31. The van der Waals surface area contributed by atoms with Crippen molar-refractivity contribution in [2.24, 2.45) is 0 Å². The van der Waals surface area contributed by atoms with Crippen molar-refractivity contribution in [1.29, 1.82) is 0 Å². The number of rotatable bonds is 7. The predicted octanol–water partition coefficient (Wildman–Crippen LogP) is 13.6. The zero-order valence-corrected chi connectivity index (χ0v) is 29.6. The largest absolute Gasteiger partial charge is 0.228 e. The van der Waals surface area contributed by atoms with E-state index in [2.05, 4.69) is 158 Å². The van der Waals surface area contributed by atoms with E-state index in [4.69, 9.17) is 9.97 Å². The molecular weight excluding hydrogens is 629 g/mol. The highest BCUT2D eigenvalue weighted by Crippen LogP contribution is 2.43. The smallest absolute Gasteiger partial charge is 0.156 e. The summed E-state index contributed by atoms with van der Waals surface area (Å²) in [4.78, 5) is 10.6. The Hall–Kier alpha value is -5.86. The standard InChI is InChI=1S/C50H42N2/c1-3-17-35(18-4-1)40-25-9-11-28-43(40)45-30-13-14-31-46(45)44-29-12-10-27-42(44)38-23-15-24-39(33-38)48-34-49(52-50(51-48)37-20-5-2-6-21-37)47-32-16-22-36-19-7-8-26-41(36)47/h1,3-4,8-15,17-18,20,23-34H,2,5-7,16,19,21-22H2. The van der Waals surface area contributed by atoms with Crippen molar-refractivity contribution in [3.05, 3.63) is 180 Å². The summed E-state index contributed by atoms with van der Waals surface area (Å²) in [5.41, 5.74) is 18.4. The molecule has 0 saturated heterocycles. The fourth-order valence-corrected chi connectivity index (χ4v) is 8.27. The summed E-state index contributed by atoms with van der Waals surface area (Å²) < 4.78 is 0. The molecule has 1 heterocycles. The molecule has 6 aromatic rings. The molecule has 3 aliphatic carbocycles. The van der Waals surface area contributed by atoms with E-state index >= 15 is 0 Å². The van der Waals surface area contributed by atoms with Crippen LogP contribution in [-0.4, -0.2) is 9.97 Å². The van der Waals surface area contributed by atoms with Crippen LogP contribution in [0.4, 0.5) is 0 Å². The molecule has 252 valence electrons. The van der Waals surface area contributed by atoms with Crippen molar-refractivity contribution < 1.29 is 0 Å². The number of nitrogens with zero attached hydrogens (tertiary/aromatic N) is 2. The zero-order chi connectivity index (χ0) is 34.7. The van der Waals surface area contributed by atoms with Gasteiger partial charge in [-0.1, -0.05) is 151 Å². The van der Waals surface area contributed by atoms with Gasteiger partial charge in [-0.3, -0.25) is 0 Å². The maximum atomic E-state index is 5.29. The van der Waals surface area contributed by atoms with E-state index in [0.717, 1.165) is 61.3 Å². The molecule has 5 aromatic carbocycles. The molecule has 2 heteroatoms. The molecule has 9 rings (SSSR count). The number of hydrogen-bond donors (Lipinski definition) is 0. The third-order valence-electron chi connectivity index (χ3n) is 10.9. The Morgan fingerprint density at radius 1 is 0.423 bits per heavy atom. The van der Waals surface area contributed by atoms with Gasteiger partial charge < -0.3 is 0 Å². The van der Waals surface area contributed by atoms with Gasteiger partial charge in [-0.15, -0.1) is 0 Å². The molecule has 0 saturated carbocycles. The molecule has 1 aromatic heterocycles. The maximum absolute atomic E-state index is 5.29. The van der Waals surface area contributed by atoms with Crippen molar-refractivity contribution in [2.75, 3.05) is 0 Å². The van der Waals surface area contributed by atoms with E-state index in [9.17, 15) is 0 Å². The van der Waals surface area contributed by atoms with Gasteiger partial charge in [0.25, 0.3) is 0 Å². The van der Waals surface area contributed by atoms with Gasteiger partial charge in [0.15, 0.2) is 5.82 Å². The van der Waals surface area contributed by atoms with Crippen LogP contribution in [0.1, 0.15) is 62.9 Å². The van der Waals surface area contributed by atoms with Gasteiger partial charge in [0, 0.05) is 11.1 Å². The molecule has 0 N–H and O–H groups in total. The molecule has 0 unspecified atom stereocenters. The van der Waals surface area contributed by atoms with E-state index in [1.54, 1.807) is 5.57 Å². The lowest BCUT2D eigenvalue weighted by Crippen LogP contribution is -2.07. The first kappa shape index (κ1) is 32.1. The van der Waals surface area contributed by atoms with Crippen LogP contribution in [0.25, 0.3) is 66.9 Å². The Bertz CT molecular complexity index is 2400. The Morgan fingerprint density at radius 2 is 1.02 bits per heavy atom. The highest BCUT2D eigenvalue weighted by Gasteiger charge is 2.22. The Balaban J connectivity index is 1.16. The van der Waals surface area contributed by atoms with Crippen LogP contribution < -0.4 is 0 Å². The summed E-state index contributed by atoms with van der Waals surface area (Å²) >= 11 is 0. The third-order valence-corrected chi connectivity index (χ3v) is 10.9. The number of benzene rings is 5. The van der Waals surface area contributed by atoms with Crippen LogP contribution in [0.15, 0.2) is 169 Å². The van der Waals surface area contributed by atoms with Crippen molar-refractivity contribution in [3.8, 4) is 55.8 Å². The van der Waals surface area contributed by atoms with E-state index < -0.39 is 0 Å². The van der Waals surface area contributed by atoms with Gasteiger partial charge >= 0.3 is 0 Å². The van der Waals surface area contributed by atoms with Gasteiger partial charge in [0.05, 0.1) is 11.4 Å². The lowest BCUT2D eigenvalue weighted by atomic mass is 9.83. The first-order valence-corrected chi connectivity index (χ1v) is 18.9. The first-order valence-electron chi connectivity index (χ1n) is 18.9. The normalized spacial score (nSPS) is 15.5. The van der Waals surface area contributed by atoms with Crippen LogP contribution in [0.3, 0.4) is 0 Å². The molecule has 0 bridgehead atoms. The summed E-state index contributed by atoms with van der Waals surface area (Å²) in [5.74, 6) is 0.887. The molecule has 0 fully saturated rings. The van der Waals surface area contributed by atoms with Gasteiger partial charge in [0.1, 0.15) is 0 Å². The van der Waals surface area contributed by atoms with Crippen molar-refractivity contribution in [1.82, 2.24) is 9.97 Å². The second-order valence-corrected chi connectivity index (χ2v) is 14.1. The minimum Gasteiger partial charge on any atom is -0.228 e. The van der Waals surface area contributed by atoms with Crippen LogP contribution >= 0.6 is 0 Å². The second-order valence-electron chi connectivity index (χ2n) is 14.1. The Labute approximate surface area is 307 Å². The lowest BCUT2D eigenvalue weighted by molar-refractivity contribution is 0.736. The van der Waals surface area contributed by atoms with E-state index in [0.29, 0.717) is 0 Å². The number of allylic oxidation sites excluding steroid dienone is 8. The Kier molecular flexibility index (Phi) is 8.88. The highest BCUT2D eigenvalue weighted by atomic mass is 14.9. The Morgan fingerprint density at radius 3 is 1.73 bits per heavy atom. The topological polar surface area (TPSA) is 25.8 Å². The fourth-order valence-electron chi connectivity index (χ4n) is 8.27. The quantitative estimate of drug-likeness (QED) is 0.169. The molecule has 3 aliphatic rings. The van der Waals surface area contributed by atoms with E-state index in [1.165, 1.54) is 74.1 Å². The van der Waals surface area contributed by atoms with Crippen LogP contribution in [-0.2, 0) is 0 Å². The van der Waals surface area contributed by atoms with Gasteiger partial charge in [0.2, 0.25) is 0 Å². The lowest BCUT2D eigenvalue weighted by Gasteiger charge is -2.23. The number of hydrogen-bond acceptors (Lipinski definition) is 2.